The first-order chi connectivity index (χ1) is 14.7. The summed E-state index contributed by atoms with van der Waals surface area (Å²) in [6.45, 7) is 2.20. The summed E-state index contributed by atoms with van der Waals surface area (Å²) in [4.78, 5) is 8.59. The lowest BCUT2D eigenvalue weighted by molar-refractivity contribution is 0.804. The number of H-pyrrole nitrogens is 1. The smallest absolute Gasteiger partial charge is 0.140 e. The number of imidazole rings is 1. The Morgan fingerprint density at radius 2 is 1.90 bits per heavy atom. The molecule has 0 radical (unpaired) electrons. The van der Waals surface area contributed by atoms with Gasteiger partial charge in [0, 0.05) is 34.4 Å². The highest BCUT2D eigenvalue weighted by molar-refractivity contribution is 6.09. The molecular formula is C24H20N6. The van der Waals surface area contributed by atoms with Crippen LogP contribution in [0, 0.1) is 0 Å². The third-order valence-electron chi connectivity index (χ3n) is 5.89. The standard InChI is InChI=1S/C24H20N6/c1-3-15-12-16(13-19-18-6-4-5-7-20(18)26-23(15)19)24-27-21-14-17(30-11-10-25-28-30)8-9-22(21)29(24)2/h4-14,26H,3H2,1-2H3. The number of para-hydroxylation sites is 1. The zero-order valence-electron chi connectivity index (χ0n) is 16.8. The Hall–Kier alpha value is -3.93. The van der Waals surface area contributed by atoms with Crippen molar-refractivity contribution in [1.82, 2.24) is 29.5 Å². The summed E-state index contributed by atoms with van der Waals surface area (Å²) in [7, 11) is 2.07. The van der Waals surface area contributed by atoms with E-state index in [9.17, 15) is 0 Å². The molecule has 6 aromatic rings. The van der Waals surface area contributed by atoms with Gasteiger partial charge in [-0.05, 0) is 48.4 Å². The number of aryl methyl sites for hydroxylation is 2. The van der Waals surface area contributed by atoms with Crippen LogP contribution in [0.5, 0.6) is 0 Å². The molecule has 3 aromatic heterocycles. The van der Waals surface area contributed by atoms with Crippen LogP contribution in [-0.4, -0.2) is 29.5 Å². The molecule has 30 heavy (non-hydrogen) atoms. The van der Waals surface area contributed by atoms with Crippen LogP contribution in [0.2, 0.25) is 0 Å². The molecule has 6 rings (SSSR count). The van der Waals surface area contributed by atoms with Crippen molar-refractivity contribution in [1.29, 1.82) is 0 Å². The molecule has 0 spiro atoms. The topological polar surface area (TPSA) is 64.3 Å². The molecule has 1 N–H and O–H groups in total. The van der Waals surface area contributed by atoms with Gasteiger partial charge in [-0.15, -0.1) is 5.10 Å². The summed E-state index contributed by atoms with van der Waals surface area (Å²) >= 11 is 0. The van der Waals surface area contributed by atoms with E-state index in [1.165, 1.54) is 27.4 Å². The number of fused-ring (bicyclic) bond motifs is 4. The molecule has 3 aromatic carbocycles. The average molecular weight is 392 g/mol. The van der Waals surface area contributed by atoms with Gasteiger partial charge in [0.05, 0.1) is 29.1 Å². The lowest BCUT2D eigenvalue weighted by atomic mass is 10.0. The molecule has 6 heteroatoms. The molecule has 0 aliphatic heterocycles. The SMILES string of the molecule is CCc1cc(-c2nc3cc(-n4ccnn4)ccc3n2C)cc2c1[nH]c1ccccc12. The lowest BCUT2D eigenvalue weighted by Gasteiger charge is -2.07. The van der Waals surface area contributed by atoms with Crippen molar-refractivity contribution in [2.24, 2.45) is 7.05 Å². The van der Waals surface area contributed by atoms with Crippen LogP contribution in [-0.2, 0) is 13.5 Å². The highest BCUT2D eigenvalue weighted by atomic mass is 15.4. The molecule has 3 heterocycles. The van der Waals surface area contributed by atoms with Crippen molar-refractivity contribution in [2.45, 2.75) is 13.3 Å². The van der Waals surface area contributed by atoms with E-state index in [2.05, 4.69) is 82.4 Å². The fourth-order valence-corrected chi connectivity index (χ4v) is 4.37. The van der Waals surface area contributed by atoms with Crippen LogP contribution < -0.4 is 0 Å². The Labute approximate surface area is 172 Å². The quantitative estimate of drug-likeness (QED) is 0.460. The number of aromatic nitrogens is 6. The van der Waals surface area contributed by atoms with E-state index in [-0.39, 0.29) is 0 Å². The molecule has 6 nitrogen and oxygen atoms in total. The Bertz CT molecular complexity index is 1540. The number of aromatic amines is 1. The molecule has 0 amide bonds. The molecule has 0 saturated heterocycles. The molecule has 0 aliphatic rings. The largest absolute Gasteiger partial charge is 0.354 e. The second-order valence-corrected chi connectivity index (χ2v) is 7.60. The summed E-state index contributed by atoms with van der Waals surface area (Å²) in [5, 5.41) is 10.5. The van der Waals surface area contributed by atoms with Crippen LogP contribution in [0.1, 0.15) is 12.5 Å². The van der Waals surface area contributed by atoms with Gasteiger partial charge in [0.15, 0.2) is 0 Å². The van der Waals surface area contributed by atoms with E-state index in [1.807, 2.05) is 12.3 Å². The van der Waals surface area contributed by atoms with Crippen LogP contribution in [0.25, 0.3) is 49.9 Å². The minimum absolute atomic E-state index is 0.942. The third-order valence-corrected chi connectivity index (χ3v) is 5.89. The van der Waals surface area contributed by atoms with E-state index >= 15 is 0 Å². The maximum absolute atomic E-state index is 4.99. The van der Waals surface area contributed by atoms with Crippen molar-refractivity contribution in [3.05, 3.63) is 72.6 Å². The second kappa shape index (κ2) is 6.29. The van der Waals surface area contributed by atoms with Gasteiger partial charge in [-0.25, -0.2) is 9.67 Å². The fourth-order valence-electron chi connectivity index (χ4n) is 4.37. The van der Waals surface area contributed by atoms with Crippen LogP contribution in [0.3, 0.4) is 0 Å². The highest BCUT2D eigenvalue weighted by Crippen LogP contribution is 2.34. The summed E-state index contributed by atoms with van der Waals surface area (Å²) in [6, 6.07) is 19.2. The molecule has 0 aliphatic carbocycles. The van der Waals surface area contributed by atoms with Crippen LogP contribution >= 0.6 is 0 Å². The van der Waals surface area contributed by atoms with Gasteiger partial charge in [0.1, 0.15) is 5.82 Å². The average Bonchev–Trinajstić information content (AvgIpc) is 3.50. The van der Waals surface area contributed by atoms with E-state index in [1.54, 1.807) is 10.9 Å². The van der Waals surface area contributed by atoms with Crippen molar-refractivity contribution in [2.75, 3.05) is 0 Å². The van der Waals surface area contributed by atoms with E-state index in [0.717, 1.165) is 34.5 Å². The van der Waals surface area contributed by atoms with Gasteiger partial charge in [-0.2, -0.15) is 0 Å². The first-order valence-corrected chi connectivity index (χ1v) is 10.1. The maximum atomic E-state index is 4.99. The Balaban J connectivity index is 1.59. The number of benzene rings is 3. The molecule has 146 valence electrons. The number of hydrogen-bond donors (Lipinski definition) is 1. The fraction of sp³-hybridized carbons (Fsp3) is 0.125. The van der Waals surface area contributed by atoms with E-state index in [4.69, 9.17) is 4.98 Å². The Morgan fingerprint density at radius 1 is 1.00 bits per heavy atom. The zero-order valence-corrected chi connectivity index (χ0v) is 16.8. The van der Waals surface area contributed by atoms with Crippen molar-refractivity contribution in [3.63, 3.8) is 0 Å². The first kappa shape index (κ1) is 17.0. The number of rotatable bonds is 3. The van der Waals surface area contributed by atoms with E-state index < -0.39 is 0 Å². The second-order valence-electron chi connectivity index (χ2n) is 7.60. The van der Waals surface area contributed by atoms with Gasteiger partial charge in [0.25, 0.3) is 0 Å². The third kappa shape index (κ3) is 2.40. The maximum Gasteiger partial charge on any atom is 0.140 e. The summed E-state index contributed by atoms with van der Waals surface area (Å²) in [5.74, 6) is 0.961. The molecule has 0 atom stereocenters. The Morgan fingerprint density at radius 3 is 2.73 bits per heavy atom. The van der Waals surface area contributed by atoms with Crippen molar-refractivity contribution in [3.8, 4) is 17.1 Å². The summed E-state index contributed by atoms with van der Waals surface area (Å²) in [6.07, 6.45) is 4.47. The summed E-state index contributed by atoms with van der Waals surface area (Å²) in [5.41, 5.74) is 7.80. The number of nitrogens with one attached hydrogen (secondary N) is 1. The monoisotopic (exact) mass is 392 g/mol. The Kier molecular flexibility index (Phi) is 3.56. The lowest BCUT2D eigenvalue weighted by Crippen LogP contribution is -1.95. The van der Waals surface area contributed by atoms with Gasteiger partial charge >= 0.3 is 0 Å². The normalized spacial score (nSPS) is 11.8. The number of hydrogen-bond acceptors (Lipinski definition) is 3. The molecule has 0 unspecified atom stereocenters. The van der Waals surface area contributed by atoms with Gasteiger partial charge < -0.3 is 9.55 Å². The predicted octanol–water partition coefficient (Wildman–Crippen LogP) is 5.02. The minimum atomic E-state index is 0.942. The minimum Gasteiger partial charge on any atom is -0.354 e. The van der Waals surface area contributed by atoms with Crippen molar-refractivity contribution >= 4 is 32.8 Å². The number of nitrogens with zero attached hydrogens (tertiary/aromatic N) is 5. The first-order valence-electron chi connectivity index (χ1n) is 10.1. The van der Waals surface area contributed by atoms with Gasteiger partial charge in [-0.1, -0.05) is 30.3 Å². The molecule has 0 saturated carbocycles. The summed E-state index contributed by atoms with van der Waals surface area (Å²) < 4.78 is 3.91. The molecule has 0 bridgehead atoms. The van der Waals surface area contributed by atoms with Crippen LogP contribution in [0.4, 0.5) is 0 Å². The van der Waals surface area contributed by atoms with E-state index in [0.29, 0.717) is 0 Å². The predicted molar refractivity (Wildman–Crippen MR) is 120 cm³/mol. The van der Waals surface area contributed by atoms with Gasteiger partial charge in [-0.3, -0.25) is 0 Å². The highest BCUT2D eigenvalue weighted by Gasteiger charge is 2.15. The molecular weight excluding hydrogens is 372 g/mol. The molecule has 0 fully saturated rings. The van der Waals surface area contributed by atoms with Crippen molar-refractivity contribution < 1.29 is 0 Å². The van der Waals surface area contributed by atoms with Crippen LogP contribution in [0.15, 0.2) is 67.0 Å². The zero-order chi connectivity index (χ0) is 20.2. The van der Waals surface area contributed by atoms with Gasteiger partial charge in [0.2, 0.25) is 0 Å².